The first-order chi connectivity index (χ1) is 12.6. The van der Waals surface area contributed by atoms with E-state index in [-0.39, 0.29) is 5.91 Å². The van der Waals surface area contributed by atoms with Crippen molar-refractivity contribution in [2.45, 2.75) is 25.2 Å². The molecule has 1 amide bonds. The zero-order valence-corrected chi connectivity index (χ0v) is 15.0. The van der Waals surface area contributed by atoms with Crippen LogP contribution in [0.2, 0.25) is 0 Å². The fourth-order valence-corrected chi connectivity index (χ4v) is 3.33. The lowest BCUT2D eigenvalue weighted by Crippen LogP contribution is -2.45. The topological polar surface area (TPSA) is 71.3 Å². The summed E-state index contributed by atoms with van der Waals surface area (Å²) in [5.41, 5.74) is 2.35. The van der Waals surface area contributed by atoms with Crippen LogP contribution in [0, 0.1) is 18.3 Å². The van der Waals surface area contributed by atoms with Gasteiger partial charge in [0.1, 0.15) is 11.8 Å². The number of hydrogen-bond acceptors (Lipinski definition) is 4. The van der Waals surface area contributed by atoms with Crippen LogP contribution in [0.25, 0.3) is 0 Å². The number of nitrogens with one attached hydrogen (secondary N) is 1. The minimum Gasteiger partial charge on any atom is -0.497 e. The van der Waals surface area contributed by atoms with Crippen LogP contribution in [0.3, 0.4) is 0 Å². The third-order valence-electron chi connectivity index (χ3n) is 4.98. The molecule has 0 aromatic heterocycles. The molecule has 26 heavy (non-hydrogen) atoms. The van der Waals surface area contributed by atoms with E-state index in [1.54, 1.807) is 25.3 Å². The molecule has 134 valence electrons. The number of methoxy groups -OCH3 is 1. The van der Waals surface area contributed by atoms with Gasteiger partial charge in [0.05, 0.1) is 23.8 Å². The summed E-state index contributed by atoms with van der Waals surface area (Å²) in [7, 11) is 1.54. The molecule has 1 N–H and O–H groups in total. The molecule has 5 heteroatoms. The van der Waals surface area contributed by atoms with Crippen molar-refractivity contribution in [2.24, 2.45) is 0 Å². The highest BCUT2D eigenvalue weighted by molar-refractivity contribution is 6.00. The van der Waals surface area contributed by atoms with Crippen molar-refractivity contribution in [1.29, 1.82) is 5.26 Å². The standard InChI is InChI=1S/C21H22N2O3/c1-15-3-5-17(6-4-15)21(9-11-26-12-10-21)20(24)23-19-8-7-18(25-2)13-16(19)14-22/h3-8,13H,9-12H2,1-2H3,(H,23,24). The minimum atomic E-state index is -0.654. The van der Waals surface area contributed by atoms with Crippen LogP contribution in [-0.2, 0) is 14.9 Å². The highest BCUT2D eigenvalue weighted by Crippen LogP contribution is 2.37. The van der Waals surface area contributed by atoms with Crippen molar-refractivity contribution in [2.75, 3.05) is 25.6 Å². The summed E-state index contributed by atoms with van der Waals surface area (Å²) < 4.78 is 10.6. The van der Waals surface area contributed by atoms with E-state index in [4.69, 9.17) is 9.47 Å². The van der Waals surface area contributed by atoms with Crippen molar-refractivity contribution in [3.63, 3.8) is 0 Å². The summed E-state index contributed by atoms with van der Waals surface area (Å²) in [5.74, 6) is 0.477. The lowest BCUT2D eigenvalue weighted by molar-refractivity contribution is -0.125. The van der Waals surface area contributed by atoms with E-state index in [0.29, 0.717) is 43.1 Å². The molecule has 0 unspecified atom stereocenters. The lowest BCUT2D eigenvalue weighted by Gasteiger charge is -2.36. The summed E-state index contributed by atoms with van der Waals surface area (Å²) in [6, 6.07) is 15.3. The molecule has 0 spiro atoms. The number of nitrogens with zero attached hydrogens (tertiary/aromatic N) is 1. The Kier molecular flexibility index (Phi) is 5.24. The van der Waals surface area contributed by atoms with E-state index in [1.807, 2.05) is 31.2 Å². The van der Waals surface area contributed by atoms with Gasteiger partial charge >= 0.3 is 0 Å². The highest BCUT2D eigenvalue weighted by Gasteiger charge is 2.41. The minimum absolute atomic E-state index is 0.105. The summed E-state index contributed by atoms with van der Waals surface area (Å²) in [4.78, 5) is 13.3. The first-order valence-electron chi connectivity index (χ1n) is 8.63. The zero-order valence-electron chi connectivity index (χ0n) is 15.0. The Bertz CT molecular complexity index is 831. The smallest absolute Gasteiger partial charge is 0.235 e. The Balaban J connectivity index is 1.94. The third-order valence-corrected chi connectivity index (χ3v) is 4.98. The van der Waals surface area contributed by atoms with E-state index in [2.05, 4.69) is 11.4 Å². The van der Waals surface area contributed by atoms with Gasteiger partial charge in [0, 0.05) is 13.2 Å². The normalized spacial score (nSPS) is 15.7. The molecule has 1 heterocycles. The van der Waals surface area contributed by atoms with Crippen LogP contribution in [-0.4, -0.2) is 26.2 Å². The Morgan fingerprint density at radius 1 is 1.19 bits per heavy atom. The molecule has 3 rings (SSSR count). The lowest BCUT2D eigenvalue weighted by atomic mass is 9.73. The van der Waals surface area contributed by atoms with Gasteiger partial charge in [-0.25, -0.2) is 0 Å². The number of rotatable bonds is 4. The molecule has 0 radical (unpaired) electrons. The van der Waals surface area contributed by atoms with Crippen molar-refractivity contribution < 1.29 is 14.3 Å². The number of carbonyl (C=O) groups excluding carboxylic acids is 1. The van der Waals surface area contributed by atoms with E-state index < -0.39 is 5.41 Å². The van der Waals surface area contributed by atoms with Crippen LogP contribution < -0.4 is 10.1 Å². The number of hydrogen-bond donors (Lipinski definition) is 1. The maximum Gasteiger partial charge on any atom is 0.235 e. The van der Waals surface area contributed by atoms with Gasteiger partial charge in [-0.3, -0.25) is 4.79 Å². The number of nitriles is 1. The molecule has 1 fully saturated rings. The molecule has 0 atom stereocenters. The van der Waals surface area contributed by atoms with Gasteiger partial charge in [-0.05, 0) is 43.5 Å². The van der Waals surface area contributed by atoms with Crippen LogP contribution in [0.1, 0.15) is 29.5 Å². The summed E-state index contributed by atoms with van der Waals surface area (Å²) in [6.07, 6.45) is 1.22. The molecular weight excluding hydrogens is 328 g/mol. The predicted octanol–water partition coefficient (Wildman–Crippen LogP) is 3.56. The number of ether oxygens (including phenoxy) is 2. The molecule has 2 aromatic carbocycles. The van der Waals surface area contributed by atoms with Crippen LogP contribution >= 0.6 is 0 Å². The van der Waals surface area contributed by atoms with Crippen LogP contribution in [0.4, 0.5) is 5.69 Å². The van der Waals surface area contributed by atoms with Gasteiger partial charge in [0.15, 0.2) is 0 Å². The molecule has 0 saturated carbocycles. The van der Waals surface area contributed by atoms with E-state index >= 15 is 0 Å². The van der Waals surface area contributed by atoms with Crippen molar-refractivity contribution in [3.05, 3.63) is 59.2 Å². The van der Waals surface area contributed by atoms with Gasteiger partial charge in [-0.1, -0.05) is 29.8 Å². The molecular formula is C21H22N2O3. The second-order valence-corrected chi connectivity index (χ2v) is 6.54. The Labute approximate surface area is 153 Å². The average molecular weight is 350 g/mol. The number of anilines is 1. The summed E-state index contributed by atoms with van der Waals surface area (Å²) >= 11 is 0. The van der Waals surface area contributed by atoms with Gasteiger partial charge in [-0.2, -0.15) is 5.26 Å². The van der Waals surface area contributed by atoms with E-state index in [0.717, 1.165) is 11.1 Å². The quantitative estimate of drug-likeness (QED) is 0.915. The maximum atomic E-state index is 13.3. The summed E-state index contributed by atoms with van der Waals surface area (Å²) in [5, 5.41) is 12.4. The van der Waals surface area contributed by atoms with Crippen molar-refractivity contribution in [1.82, 2.24) is 0 Å². The molecule has 1 saturated heterocycles. The van der Waals surface area contributed by atoms with Crippen LogP contribution in [0.15, 0.2) is 42.5 Å². The Hall–Kier alpha value is -2.84. The molecule has 2 aromatic rings. The number of aryl methyl sites for hydroxylation is 1. The largest absolute Gasteiger partial charge is 0.497 e. The second kappa shape index (κ2) is 7.59. The molecule has 0 bridgehead atoms. The van der Waals surface area contributed by atoms with Gasteiger partial charge in [0.25, 0.3) is 0 Å². The second-order valence-electron chi connectivity index (χ2n) is 6.54. The monoisotopic (exact) mass is 350 g/mol. The predicted molar refractivity (Wildman–Crippen MR) is 99.2 cm³/mol. The number of amides is 1. The van der Waals surface area contributed by atoms with Crippen LogP contribution in [0.5, 0.6) is 5.75 Å². The summed E-state index contributed by atoms with van der Waals surface area (Å²) in [6.45, 7) is 3.10. The number of benzene rings is 2. The van der Waals surface area contributed by atoms with Gasteiger partial charge < -0.3 is 14.8 Å². The molecule has 5 nitrogen and oxygen atoms in total. The SMILES string of the molecule is COc1ccc(NC(=O)C2(c3ccc(C)cc3)CCOCC2)c(C#N)c1. The first kappa shape index (κ1) is 18.0. The number of carbonyl (C=O) groups is 1. The fourth-order valence-electron chi connectivity index (χ4n) is 3.33. The van der Waals surface area contributed by atoms with Gasteiger partial charge in [0.2, 0.25) is 5.91 Å². The van der Waals surface area contributed by atoms with Crippen molar-refractivity contribution in [3.8, 4) is 11.8 Å². The Morgan fingerprint density at radius 3 is 2.50 bits per heavy atom. The zero-order chi connectivity index (χ0) is 18.6. The average Bonchev–Trinajstić information content (AvgIpc) is 2.69. The highest BCUT2D eigenvalue weighted by atomic mass is 16.5. The van der Waals surface area contributed by atoms with E-state index in [9.17, 15) is 10.1 Å². The Morgan fingerprint density at radius 2 is 1.88 bits per heavy atom. The fraction of sp³-hybridized carbons (Fsp3) is 0.333. The molecule has 0 aliphatic carbocycles. The maximum absolute atomic E-state index is 13.3. The third kappa shape index (κ3) is 3.42. The first-order valence-corrected chi connectivity index (χ1v) is 8.63. The van der Waals surface area contributed by atoms with Gasteiger partial charge in [-0.15, -0.1) is 0 Å². The molecule has 1 aliphatic heterocycles. The van der Waals surface area contributed by atoms with E-state index in [1.165, 1.54) is 0 Å². The molecule has 1 aliphatic rings. The van der Waals surface area contributed by atoms with Crippen molar-refractivity contribution >= 4 is 11.6 Å².